The second-order valence-corrected chi connectivity index (χ2v) is 7.64. The summed E-state index contributed by atoms with van der Waals surface area (Å²) in [7, 11) is -3.98. The normalized spacial score (nSPS) is 12.5. The van der Waals surface area contributed by atoms with Crippen molar-refractivity contribution in [2.75, 3.05) is 0 Å². The minimum atomic E-state index is -3.98. The van der Waals surface area contributed by atoms with E-state index in [1.165, 1.54) is 12.1 Å². The molecule has 0 aromatic heterocycles. The molecule has 0 saturated carbocycles. The van der Waals surface area contributed by atoms with Gasteiger partial charge in [0.05, 0.1) is 11.0 Å². The average molecular weight is 364 g/mol. The largest absolute Gasteiger partial charge is 0.291 e. The molecule has 0 saturated heterocycles. The summed E-state index contributed by atoms with van der Waals surface area (Å²) in [5.41, 5.74) is 1.19. The van der Waals surface area contributed by atoms with Gasteiger partial charge in [-0.1, -0.05) is 54.1 Å². The maximum atomic E-state index is 12.6. The van der Waals surface area contributed by atoms with Crippen molar-refractivity contribution in [3.63, 3.8) is 0 Å². The van der Waals surface area contributed by atoms with E-state index in [1.54, 1.807) is 36.4 Å². The molecule has 0 radical (unpaired) electrons. The average Bonchev–Trinajstić information content (AvgIpc) is 2.65. The molecule has 26 heavy (non-hydrogen) atoms. The number of carbonyl (C=O) groups is 1. The van der Waals surface area contributed by atoms with Gasteiger partial charge in [0.1, 0.15) is 0 Å². The molecule has 0 amide bonds. The minimum Gasteiger partial charge on any atom is -0.291 e. The van der Waals surface area contributed by atoms with Crippen LogP contribution in [0.25, 0.3) is 10.8 Å². The Kier molecular flexibility index (Phi) is 4.85. The number of hydrogen-bond acceptors (Lipinski definition) is 4. The first-order valence-corrected chi connectivity index (χ1v) is 9.41. The van der Waals surface area contributed by atoms with Crippen LogP contribution in [0.5, 0.6) is 0 Å². The zero-order chi connectivity index (χ0) is 18.7. The number of fused-ring (bicyclic) bond motifs is 1. The summed E-state index contributed by atoms with van der Waals surface area (Å²) in [4.78, 5) is 12.6. The van der Waals surface area contributed by atoms with Gasteiger partial charge in [-0.05, 0) is 35.9 Å². The summed E-state index contributed by atoms with van der Waals surface area (Å²) < 4.78 is 27.1. The first-order chi connectivity index (χ1) is 12.4. The molecule has 0 fully saturated rings. The van der Waals surface area contributed by atoms with E-state index < -0.39 is 21.8 Å². The zero-order valence-electron chi connectivity index (χ0n) is 14.0. The molecule has 0 aliphatic carbocycles. The number of hydrogen-bond donors (Lipinski definition) is 1. The van der Waals surface area contributed by atoms with Crippen LogP contribution in [0.4, 0.5) is 0 Å². The molecule has 0 heterocycles. The molecule has 5 nitrogen and oxygen atoms in total. The Balaban J connectivity index is 1.88. The van der Waals surface area contributed by atoms with Crippen molar-refractivity contribution in [2.24, 2.45) is 0 Å². The summed E-state index contributed by atoms with van der Waals surface area (Å²) in [6, 6.07) is 18.9. The van der Waals surface area contributed by atoms with Gasteiger partial charge in [-0.15, -0.1) is 0 Å². The van der Waals surface area contributed by atoms with E-state index in [1.807, 2.05) is 31.2 Å². The van der Waals surface area contributed by atoms with Crippen molar-refractivity contribution < 1.29 is 13.2 Å². The maximum Gasteiger partial charge on any atom is 0.242 e. The van der Waals surface area contributed by atoms with Crippen LogP contribution in [0.3, 0.4) is 0 Å². The second-order valence-electron chi connectivity index (χ2n) is 5.92. The summed E-state index contributed by atoms with van der Waals surface area (Å²) in [6.45, 7) is 1.84. The highest BCUT2D eigenvalue weighted by Gasteiger charge is 2.26. The number of carbonyl (C=O) groups excluding carboxylic acids is 1. The van der Waals surface area contributed by atoms with Crippen LogP contribution in [0.2, 0.25) is 0 Å². The van der Waals surface area contributed by atoms with E-state index in [4.69, 9.17) is 0 Å². The van der Waals surface area contributed by atoms with Gasteiger partial charge in [0, 0.05) is 5.56 Å². The molecule has 0 spiro atoms. The molecule has 1 atom stereocenters. The first kappa shape index (κ1) is 17.8. The smallest absolute Gasteiger partial charge is 0.242 e. The van der Waals surface area contributed by atoms with Crippen molar-refractivity contribution in [3.05, 3.63) is 77.9 Å². The fourth-order valence-electron chi connectivity index (χ4n) is 2.59. The number of benzene rings is 3. The van der Waals surface area contributed by atoms with Gasteiger partial charge < -0.3 is 0 Å². The molecular weight excluding hydrogens is 348 g/mol. The van der Waals surface area contributed by atoms with Crippen LogP contribution in [-0.2, 0) is 10.0 Å². The van der Waals surface area contributed by atoms with E-state index in [2.05, 4.69) is 4.72 Å². The molecule has 3 aromatic carbocycles. The number of nitrogens with zero attached hydrogens (tertiary/aromatic N) is 1. The maximum absolute atomic E-state index is 12.6. The lowest BCUT2D eigenvalue weighted by Gasteiger charge is -2.12. The molecule has 0 bridgehead atoms. The SMILES string of the molecule is Cc1ccc(S(=O)(=O)NC(C#N)C(=O)c2ccc3ccccc3c2)cc1. The summed E-state index contributed by atoms with van der Waals surface area (Å²) in [5.74, 6) is -0.589. The molecule has 130 valence electrons. The van der Waals surface area contributed by atoms with E-state index in [0.29, 0.717) is 0 Å². The Hall–Kier alpha value is -3.01. The lowest BCUT2D eigenvalue weighted by Crippen LogP contribution is -2.39. The van der Waals surface area contributed by atoms with Crippen LogP contribution < -0.4 is 4.72 Å². The van der Waals surface area contributed by atoms with Gasteiger partial charge in [-0.2, -0.15) is 9.98 Å². The third-order valence-electron chi connectivity index (χ3n) is 4.03. The Morgan fingerprint density at radius 1 is 1.00 bits per heavy atom. The van der Waals surface area contributed by atoms with E-state index >= 15 is 0 Å². The van der Waals surface area contributed by atoms with Crippen LogP contribution in [0, 0.1) is 18.3 Å². The van der Waals surface area contributed by atoms with Crippen LogP contribution in [-0.4, -0.2) is 20.2 Å². The number of nitrogens with one attached hydrogen (secondary N) is 1. The fourth-order valence-corrected chi connectivity index (χ4v) is 3.69. The number of aryl methyl sites for hydroxylation is 1. The Bertz CT molecular complexity index is 1110. The molecule has 0 aliphatic heterocycles. The van der Waals surface area contributed by atoms with Crippen molar-refractivity contribution in [1.29, 1.82) is 5.26 Å². The van der Waals surface area contributed by atoms with Crippen molar-refractivity contribution >= 4 is 26.6 Å². The van der Waals surface area contributed by atoms with Crippen molar-refractivity contribution in [2.45, 2.75) is 17.9 Å². The fraction of sp³-hybridized carbons (Fsp3) is 0.100. The molecule has 3 rings (SSSR count). The molecule has 1 N–H and O–H groups in total. The van der Waals surface area contributed by atoms with E-state index in [-0.39, 0.29) is 10.5 Å². The topological polar surface area (TPSA) is 87.0 Å². The van der Waals surface area contributed by atoms with Crippen molar-refractivity contribution in [1.82, 2.24) is 4.72 Å². The quantitative estimate of drug-likeness (QED) is 0.704. The first-order valence-electron chi connectivity index (χ1n) is 7.92. The van der Waals surface area contributed by atoms with E-state index in [0.717, 1.165) is 16.3 Å². The van der Waals surface area contributed by atoms with Gasteiger partial charge in [0.25, 0.3) is 0 Å². The van der Waals surface area contributed by atoms with Crippen LogP contribution in [0.15, 0.2) is 71.6 Å². The third-order valence-corrected chi connectivity index (χ3v) is 5.47. The predicted molar refractivity (Wildman–Crippen MR) is 99.2 cm³/mol. The summed E-state index contributed by atoms with van der Waals surface area (Å²) in [5, 5.41) is 11.1. The van der Waals surface area contributed by atoms with Gasteiger partial charge >= 0.3 is 0 Å². The number of sulfonamides is 1. The third kappa shape index (κ3) is 3.64. The highest BCUT2D eigenvalue weighted by molar-refractivity contribution is 7.89. The lowest BCUT2D eigenvalue weighted by atomic mass is 10.0. The monoisotopic (exact) mass is 364 g/mol. The Morgan fingerprint density at radius 3 is 2.31 bits per heavy atom. The molecule has 3 aromatic rings. The number of nitriles is 1. The molecule has 1 unspecified atom stereocenters. The van der Waals surface area contributed by atoms with Gasteiger partial charge in [0.2, 0.25) is 10.0 Å². The molecular formula is C20H16N2O3S. The summed E-state index contributed by atoms with van der Waals surface area (Å²) in [6.07, 6.45) is 0. The minimum absolute atomic E-state index is 0.00895. The molecule has 6 heteroatoms. The van der Waals surface area contributed by atoms with Gasteiger partial charge in [0.15, 0.2) is 11.8 Å². The number of Topliss-reactive ketones (excluding diaryl/α,β-unsaturated/α-hetero) is 1. The zero-order valence-corrected chi connectivity index (χ0v) is 14.8. The molecule has 0 aliphatic rings. The number of rotatable bonds is 5. The lowest BCUT2D eigenvalue weighted by molar-refractivity contribution is 0.0974. The number of ketones is 1. The highest BCUT2D eigenvalue weighted by atomic mass is 32.2. The van der Waals surface area contributed by atoms with E-state index in [9.17, 15) is 18.5 Å². The van der Waals surface area contributed by atoms with Crippen LogP contribution >= 0.6 is 0 Å². The Morgan fingerprint density at radius 2 is 1.65 bits per heavy atom. The standard InChI is InChI=1S/C20H16N2O3S/c1-14-6-10-18(11-7-14)26(24,25)22-19(13-21)20(23)17-9-8-15-4-2-3-5-16(15)12-17/h2-12,19,22H,1H3. The Labute approximate surface area is 151 Å². The van der Waals surface area contributed by atoms with Gasteiger partial charge in [-0.25, -0.2) is 8.42 Å². The van der Waals surface area contributed by atoms with Crippen LogP contribution in [0.1, 0.15) is 15.9 Å². The highest BCUT2D eigenvalue weighted by Crippen LogP contribution is 2.17. The second kappa shape index (κ2) is 7.08. The summed E-state index contributed by atoms with van der Waals surface area (Å²) >= 11 is 0. The van der Waals surface area contributed by atoms with Gasteiger partial charge in [-0.3, -0.25) is 4.79 Å². The predicted octanol–water partition coefficient (Wildman–Crippen LogP) is 3.20. The van der Waals surface area contributed by atoms with Crippen molar-refractivity contribution in [3.8, 4) is 6.07 Å².